The largest absolute Gasteiger partial charge is 0.478 e. The molecule has 0 radical (unpaired) electrons. The van der Waals surface area contributed by atoms with E-state index in [2.05, 4.69) is 5.32 Å². The maximum absolute atomic E-state index is 11.7. The molecule has 1 aliphatic rings. The van der Waals surface area contributed by atoms with Gasteiger partial charge in [-0.05, 0) is 6.07 Å². The predicted octanol–water partition coefficient (Wildman–Crippen LogP) is -0.399. The van der Waals surface area contributed by atoms with Crippen molar-refractivity contribution in [2.75, 3.05) is 19.7 Å². The third-order valence-electron chi connectivity index (χ3n) is 3.12. The van der Waals surface area contributed by atoms with Crippen molar-refractivity contribution in [2.45, 2.75) is 11.0 Å². The van der Waals surface area contributed by atoms with Gasteiger partial charge >= 0.3 is 5.97 Å². The molecule has 0 aliphatic carbocycles. The second-order valence-corrected chi connectivity index (χ2v) is 6.11. The van der Waals surface area contributed by atoms with Crippen molar-refractivity contribution in [3.63, 3.8) is 0 Å². The number of sulfonamides is 1. The SMILES string of the molecule is NS(=O)(=O)c1cc(C(=O)O)cc([N+](=O)[O-])c1C1CNCCO1. The van der Waals surface area contributed by atoms with Gasteiger partial charge in [0.05, 0.1) is 27.6 Å². The quantitative estimate of drug-likeness (QED) is 0.496. The van der Waals surface area contributed by atoms with Gasteiger partial charge in [0.15, 0.2) is 0 Å². The highest BCUT2D eigenvalue weighted by Gasteiger charge is 2.33. The van der Waals surface area contributed by atoms with Crippen LogP contribution in [0.25, 0.3) is 0 Å². The number of hydrogen-bond donors (Lipinski definition) is 3. The lowest BCUT2D eigenvalue weighted by atomic mass is 10.0. The van der Waals surface area contributed by atoms with Crippen molar-refractivity contribution in [2.24, 2.45) is 5.14 Å². The lowest BCUT2D eigenvalue weighted by molar-refractivity contribution is -0.386. The number of morpholine rings is 1. The molecule has 2 rings (SSSR count). The van der Waals surface area contributed by atoms with Gasteiger partial charge in [0, 0.05) is 19.2 Å². The number of nitrogens with zero attached hydrogens (tertiary/aromatic N) is 1. The van der Waals surface area contributed by atoms with Crippen LogP contribution in [0.3, 0.4) is 0 Å². The second-order valence-electron chi connectivity index (χ2n) is 4.58. The zero-order valence-electron chi connectivity index (χ0n) is 11.2. The van der Waals surface area contributed by atoms with Crippen molar-refractivity contribution < 1.29 is 28.0 Å². The highest BCUT2D eigenvalue weighted by molar-refractivity contribution is 7.89. The van der Waals surface area contributed by atoms with E-state index in [1.165, 1.54) is 0 Å². The van der Waals surface area contributed by atoms with Crippen molar-refractivity contribution in [1.82, 2.24) is 5.32 Å². The van der Waals surface area contributed by atoms with E-state index in [4.69, 9.17) is 15.0 Å². The first-order valence-electron chi connectivity index (χ1n) is 6.12. The Kier molecular flexibility index (Phi) is 4.42. The van der Waals surface area contributed by atoms with Crippen LogP contribution >= 0.6 is 0 Å². The summed E-state index contributed by atoms with van der Waals surface area (Å²) in [6.45, 7) is 0.893. The molecular weight excluding hydrogens is 318 g/mol. The number of rotatable bonds is 4. The summed E-state index contributed by atoms with van der Waals surface area (Å²) < 4.78 is 28.8. The fourth-order valence-corrected chi connectivity index (χ4v) is 3.03. The average Bonchev–Trinajstić information content (AvgIpc) is 2.45. The topological polar surface area (TPSA) is 162 Å². The van der Waals surface area contributed by atoms with Gasteiger partial charge in [-0.1, -0.05) is 0 Å². The summed E-state index contributed by atoms with van der Waals surface area (Å²) in [5, 5.41) is 28.2. The van der Waals surface area contributed by atoms with Crippen LogP contribution in [0.1, 0.15) is 22.0 Å². The van der Waals surface area contributed by atoms with E-state index >= 15 is 0 Å². The Morgan fingerprint density at radius 2 is 2.18 bits per heavy atom. The molecule has 1 heterocycles. The number of nitro benzene ring substituents is 1. The minimum absolute atomic E-state index is 0.149. The van der Waals surface area contributed by atoms with Gasteiger partial charge in [0.2, 0.25) is 10.0 Å². The van der Waals surface area contributed by atoms with Gasteiger partial charge in [-0.2, -0.15) is 0 Å². The van der Waals surface area contributed by atoms with E-state index in [9.17, 15) is 23.3 Å². The molecule has 0 saturated carbocycles. The van der Waals surface area contributed by atoms with Crippen LogP contribution in [-0.4, -0.2) is 44.1 Å². The maximum atomic E-state index is 11.7. The first kappa shape index (κ1) is 16.3. The minimum Gasteiger partial charge on any atom is -0.478 e. The number of nitrogens with one attached hydrogen (secondary N) is 1. The third kappa shape index (κ3) is 3.22. The number of carboxylic acids is 1. The number of aromatic carboxylic acids is 1. The first-order chi connectivity index (χ1) is 10.2. The Labute approximate surface area is 125 Å². The van der Waals surface area contributed by atoms with E-state index in [0.29, 0.717) is 6.54 Å². The van der Waals surface area contributed by atoms with E-state index in [1.54, 1.807) is 0 Å². The molecule has 1 atom stereocenters. The van der Waals surface area contributed by atoms with Crippen molar-refractivity contribution in [3.05, 3.63) is 33.4 Å². The molecule has 22 heavy (non-hydrogen) atoms. The smallest absolute Gasteiger partial charge is 0.335 e. The fraction of sp³-hybridized carbons (Fsp3) is 0.364. The van der Waals surface area contributed by atoms with E-state index in [0.717, 1.165) is 12.1 Å². The molecule has 1 aromatic carbocycles. The summed E-state index contributed by atoms with van der Waals surface area (Å²) in [6, 6.07) is 1.60. The molecule has 0 amide bonds. The number of nitrogens with two attached hydrogens (primary N) is 1. The lowest BCUT2D eigenvalue weighted by Crippen LogP contribution is -2.34. The lowest BCUT2D eigenvalue weighted by Gasteiger charge is -2.25. The number of ether oxygens (including phenoxy) is 1. The summed E-state index contributed by atoms with van der Waals surface area (Å²) in [6.07, 6.45) is -0.912. The monoisotopic (exact) mass is 331 g/mol. The van der Waals surface area contributed by atoms with Gasteiger partial charge in [-0.15, -0.1) is 0 Å². The predicted molar refractivity (Wildman–Crippen MR) is 73.0 cm³/mol. The Morgan fingerprint density at radius 1 is 1.50 bits per heavy atom. The van der Waals surface area contributed by atoms with Crippen LogP contribution < -0.4 is 10.5 Å². The molecule has 0 aromatic heterocycles. The molecular formula is C11H13N3O7S. The van der Waals surface area contributed by atoms with Gasteiger partial charge in [0.1, 0.15) is 6.10 Å². The second kappa shape index (κ2) is 5.96. The third-order valence-corrected chi connectivity index (χ3v) is 4.07. The molecule has 1 saturated heterocycles. The Hall–Kier alpha value is -2.08. The Bertz CT molecular complexity index is 725. The summed E-state index contributed by atoms with van der Waals surface area (Å²) >= 11 is 0. The maximum Gasteiger partial charge on any atom is 0.335 e. The number of primary sulfonamides is 1. The van der Waals surface area contributed by atoms with Crippen molar-refractivity contribution >= 4 is 21.7 Å². The van der Waals surface area contributed by atoms with Gasteiger partial charge in [-0.3, -0.25) is 10.1 Å². The van der Waals surface area contributed by atoms with E-state index in [1.807, 2.05) is 0 Å². The first-order valence-corrected chi connectivity index (χ1v) is 7.67. The molecule has 0 spiro atoms. The molecule has 4 N–H and O–H groups in total. The van der Waals surface area contributed by atoms with Crippen LogP contribution in [0.2, 0.25) is 0 Å². The molecule has 0 bridgehead atoms. The van der Waals surface area contributed by atoms with Crippen LogP contribution in [0.15, 0.2) is 17.0 Å². The zero-order chi connectivity index (χ0) is 16.5. The molecule has 10 nitrogen and oxygen atoms in total. The summed E-state index contributed by atoms with van der Waals surface area (Å²) in [5.41, 5.74) is -1.44. The number of carboxylic acid groups (broad SMARTS) is 1. The van der Waals surface area contributed by atoms with Crippen LogP contribution in [0, 0.1) is 10.1 Å². The molecule has 1 aliphatic heterocycles. The molecule has 1 unspecified atom stereocenters. The van der Waals surface area contributed by atoms with Gasteiger partial charge in [-0.25, -0.2) is 18.4 Å². The summed E-state index contributed by atoms with van der Waals surface area (Å²) in [5.74, 6) is -1.50. The van der Waals surface area contributed by atoms with Crippen molar-refractivity contribution in [3.8, 4) is 0 Å². The standard InChI is InChI=1S/C11H13N3O7S/c12-22(19,20)9-4-6(11(15)16)3-7(14(17)18)10(9)8-5-13-1-2-21-8/h3-4,8,13H,1-2,5H2,(H,15,16)(H2,12,19,20). The highest BCUT2D eigenvalue weighted by atomic mass is 32.2. The van der Waals surface area contributed by atoms with E-state index in [-0.39, 0.29) is 18.7 Å². The number of carbonyl (C=O) groups is 1. The highest BCUT2D eigenvalue weighted by Crippen LogP contribution is 2.35. The molecule has 1 aromatic rings. The Balaban J connectivity index is 2.76. The molecule has 1 fully saturated rings. The number of benzene rings is 1. The van der Waals surface area contributed by atoms with Gasteiger partial charge in [0.25, 0.3) is 5.69 Å². The van der Waals surface area contributed by atoms with Crippen LogP contribution in [0.4, 0.5) is 5.69 Å². The normalized spacial score (nSPS) is 18.9. The number of nitro groups is 1. The number of hydrogen-bond acceptors (Lipinski definition) is 7. The minimum atomic E-state index is -4.37. The summed E-state index contributed by atoms with van der Waals surface area (Å²) in [7, 11) is -4.37. The van der Waals surface area contributed by atoms with Crippen molar-refractivity contribution in [1.29, 1.82) is 0 Å². The fourth-order valence-electron chi connectivity index (χ4n) is 2.20. The van der Waals surface area contributed by atoms with Gasteiger partial charge < -0.3 is 15.2 Å². The molecule has 11 heteroatoms. The Morgan fingerprint density at radius 3 is 2.64 bits per heavy atom. The molecule has 120 valence electrons. The zero-order valence-corrected chi connectivity index (χ0v) is 12.0. The average molecular weight is 331 g/mol. The van der Waals surface area contributed by atoms with E-state index < -0.39 is 43.2 Å². The summed E-state index contributed by atoms with van der Waals surface area (Å²) in [4.78, 5) is 20.8. The van der Waals surface area contributed by atoms with Crippen LogP contribution in [0.5, 0.6) is 0 Å². The van der Waals surface area contributed by atoms with Crippen LogP contribution in [-0.2, 0) is 14.8 Å².